The standard InChI is InChI=1S/C20H24NO2/c1-19(2)13-14-20(3,21(19)22)17-11-7-8-12-18(17)23-15-16-9-5-4-6-10-16/h4-12H,13-15H2,1-3H3. The number of nitrogens with zero attached hydrogens (tertiary/aromatic N) is 1. The van der Waals surface area contributed by atoms with Gasteiger partial charge >= 0.3 is 0 Å². The van der Waals surface area contributed by atoms with E-state index >= 15 is 0 Å². The molecule has 2 aromatic rings. The van der Waals surface area contributed by atoms with Gasteiger partial charge in [0, 0.05) is 11.1 Å². The highest BCUT2D eigenvalue weighted by molar-refractivity contribution is 5.40. The first-order valence-electron chi connectivity index (χ1n) is 8.17. The summed E-state index contributed by atoms with van der Waals surface area (Å²) in [6.45, 7) is 6.56. The van der Waals surface area contributed by atoms with Crippen molar-refractivity contribution in [3.63, 3.8) is 0 Å². The molecule has 1 fully saturated rings. The molecule has 1 aliphatic heterocycles. The Morgan fingerprint density at radius 1 is 0.957 bits per heavy atom. The Kier molecular flexibility index (Phi) is 4.17. The lowest BCUT2D eigenvalue weighted by molar-refractivity contribution is -0.252. The van der Waals surface area contributed by atoms with Crippen LogP contribution in [-0.4, -0.2) is 10.6 Å². The van der Waals surface area contributed by atoms with E-state index in [0.29, 0.717) is 6.61 Å². The van der Waals surface area contributed by atoms with Crippen LogP contribution in [0.3, 0.4) is 0 Å². The first kappa shape index (κ1) is 16.0. The van der Waals surface area contributed by atoms with Gasteiger partial charge in [-0.3, -0.25) is 0 Å². The van der Waals surface area contributed by atoms with Gasteiger partial charge in [0.25, 0.3) is 0 Å². The van der Waals surface area contributed by atoms with E-state index in [0.717, 1.165) is 29.7 Å². The smallest absolute Gasteiger partial charge is 0.124 e. The highest BCUT2D eigenvalue weighted by Crippen LogP contribution is 2.48. The number of hydrogen-bond acceptors (Lipinski definition) is 2. The summed E-state index contributed by atoms with van der Waals surface area (Å²) in [5.41, 5.74) is 1.24. The summed E-state index contributed by atoms with van der Waals surface area (Å²) in [4.78, 5) is 0. The Balaban J connectivity index is 1.87. The van der Waals surface area contributed by atoms with Gasteiger partial charge in [0.05, 0.1) is 5.54 Å². The van der Waals surface area contributed by atoms with Crippen LogP contribution in [-0.2, 0) is 17.4 Å². The lowest BCUT2D eigenvalue weighted by Crippen LogP contribution is -2.44. The first-order valence-corrected chi connectivity index (χ1v) is 8.17. The summed E-state index contributed by atoms with van der Waals surface area (Å²) < 4.78 is 6.05. The van der Waals surface area contributed by atoms with E-state index in [1.165, 1.54) is 5.06 Å². The summed E-state index contributed by atoms with van der Waals surface area (Å²) in [5.74, 6) is 0.803. The Bertz CT molecular complexity index is 668. The maximum Gasteiger partial charge on any atom is 0.124 e. The SMILES string of the molecule is CC1(C)CCC(C)(c2ccccc2OCc2ccccc2)N1[O]. The van der Waals surface area contributed by atoms with Crippen molar-refractivity contribution in [2.75, 3.05) is 0 Å². The first-order chi connectivity index (χ1) is 10.9. The molecule has 0 aromatic heterocycles. The number of para-hydroxylation sites is 1. The molecule has 0 saturated carbocycles. The third kappa shape index (κ3) is 2.99. The molecule has 0 N–H and O–H groups in total. The van der Waals surface area contributed by atoms with Crippen LogP contribution in [0.4, 0.5) is 0 Å². The number of ether oxygens (including phenoxy) is 1. The summed E-state index contributed by atoms with van der Waals surface area (Å²) in [7, 11) is 0. The monoisotopic (exact) mass is 310 g/mol. The number of hydroxylamine groups is 2. The zero-order valence-electron chi connectivity index (χ0n) is 14.1. The molecule has 0 spiro atoms. The molecule has 0 amide bonds. The molecule has 1 heterocycles. The molecule has 2 aromatic carbocycles. The van der Waals surface area contributed by atoms with Gasteiger partial charge in [0.1, 0.15) is 12.4 Å². The second kappa shape index (κ2) is 5.99. The molecule has 3 rings (SSSR count). The Morgan fingerprint density at radius 3 is 2.26 bits per heavy atom. The number of benzene rings is 2. The van der Waals surface area contributed by atoms with Crippen molar-refractivity contribution in [1.82, 2.24) is 5.06 Å². The molecule has 23 heavy (non-hydrogen) atoms. The summed E-state index contributed by atoms with van der Waals surface area (Å²) in [6.07, 6.45) is 1.73. The molecule has 1 aliphatic rings. The lowest BCUT2D eigenvalue weighted by atomic mass is 9.89. The van der Waals surface area contributed by atoms with Crippen LogP contribution in [0.5, 0.6) is 5.75 Å². The molecule has 0 bridgehead atoms. The molecule has 1 atom stereocenters. The zero-order chi connectivity index (χ0) is 16.5. The van der Waals surface area contributed by atoms with Crippen LogP contribution in [0.1, 0.15) is 44.7 Å². The van der Waals surface area contributed by atoms with Gasteiger partial charge in [-0.15, -0.1) is 10.3 Å². The molecular formula is C20H24NO2. The van der Waals surface area contributed by atoms with Crippen LogP contribution < -0.4 is 4.74 Å². The molecule has 0 aliphatic carbocycles. The third-order valence-electron chi connectivity index (χ3n) is 4.93. The van der Waals surface area contributed by atoms with Gasteiger partial charge < -0.3 is 4.74 Å². The third-order valence-corrected chi connectivity index (χ3v) is 4.93. The summed E-state index contributed by atoms with van der Waals surface area (Å²) in [5, 5.41) is 14.1. The zero-order valence-corrected chi connectivity index (χ0v) is 14.1. The van der Waals surface area contributed by atoms with Crippen molar-refractivity contribution in [1.29, 1.82) is 0 Å². The minimum Gasteiger partial charge on any atom is -0.489 e. The van der Waals surface area contributed by atoms with Crippen molar-refractivity contribution in [3.05, 3.63) is 65.7 Å². The maximum atomic E-state index is 12.8. The fraction of sp³-hybridized carbons (Fsp3) is 0.400. The van der Waals surface area contributed by atoms with Crippen molar-refractivity contribution < 1.29 is 9.94 Å². The molecule has 3 nitrogen and oxygen atoms in total. The average molecular weight is 310 g/mol. The number of hydrogen-bond donors (Lipinski definition) is 0. The predicted octanol–water partition coefficient (Wildman–Crippen LogP) is 4.70. The number of rotatable bonds is 4. The summed E-state index contributed by atoms with van der Waals surface area (Å²) >= 11 is 0. The second-order valence-corrected chi connectivity index (χ2v) is 7.15. The van der Waals surface area contributed by atoms with Crippen molar-refractivity contribution in [2.45, 2.75) is 51.3 Å². The quantitative estimate of drug-likeness (QED) is 0.820. The van der Waals surface area contributed by atoms with Crippen LogP contribution in [0, 0.1) is 0 Å². The van der Waals surface area contributed by atoms with Crippen LogP contribution in [0.15, 0.2) is 54.6 Å². The highest BCUT2D eigenvalue weighted by atomic mass is 16.5. The van der Waals surface area contributed by atoms with Crippen molar-refractivity contribution >= 4 is 0 Å². The van der Waals surface area contributed by atoms with Crippen LogP contribution in [0.25, 0.3) is 0 Å². The predicted molar refractivity (Wildman–Crippen MR) is 90.4 cm³/mol. The van der Waals surface area contributed by atoms with E-state index in [1.807, 2.05) is 75.4 Å². The van der Waals surface area contributed by atoms with Gasteiger partial charge in [0.2, 0.25) is 0 Å². The second-order valence-electron chi connectivity index (χ2n) is 7.15. The van der Waals surface area contributed by atoms with E-state index in [-0.39, 0.29) is 5.54 Å². The molecule has 1 radical (unpaired) electrons. The van der Waals surface area contributed by atoms with Crippen LogP contribution >= 0.6 is 0 Å². The molecule has 1 saturated heterocycles. The lowest BCUT2D eigenvalue weighted by Gasteiger charge is -2.36. The van der Waals surface area contributed by atoms with E-state index in [9.17, 15) is 5.21 Å². The van der Waals surface area contributed by atoms with Crippen molar-refractivity contribution in [2.24, 2.45) is 0 Å². The molecular weight excluding hydrogens is 286 g/mol. The summed E-state index contributed by atoms with van der Waals surface area (Å²) in [6, 6.07) is 18.0. The van der Waals surface area contributed by atoms with E-state index in [2.05, 4.69) is 0 Å². The van der Waals surface area contributed by atoms with E-state index in [4.69, 9.17) is 4.74 Å². The fourth-order valence-electron chi connectivity index (χ4n) is 3.44. The van der Waals surface area contributed by atoms with Gasteiger partial charge in [-0.2, -0.15) is 0 Å². The normalized spacial score (nSPS) is 23.8. The minimum atomic E-state index is -0.531. The molecule has 3 heteroatoms. The Hall–Kier alpha value is -1.84. The van der Waals surface area contributed by atoms with Crippen molar-refractivity contribution in [3.8, 4) is 5.75 Å². The molecule has 1 unspecified atom stereocenters. The van der Waals surface area contributed by atoms with E-state index < -0.39 is 5.54 Å². The van der Waals surface area contributed by atoms with Gasteiger partial charge in [0.15, 0.2) is 0 Å². The van der Waals surface area contributed by atoms with E-state index in [1.54, 1.807) is 0 Å². The van der Waals surface area contributed by atoms with Gasteiger partial charge in [-0.25, -0.2) is 0 Å². The minimum absolute atomic E-state index is 0.332. The Morgan fingerprint density at radius 2 is 1.61 bits per heavy atom. The Labute approximate surface area is 138 Å². The highest BCUT2D eigenvalue weighted by Gasteiger charge is 2.50. The van der Waals surface area contributed by atoms with Gasteiger partial charge in [-0.05, 0) is 45.2 Å². The topological polar surface area (TPSA) is 32.4 Å². The molecule has 121 valence electrons. The largest absolute Gasteiger partial charge is 0.489 e. The van der Waals surface area contributed by atoms with Gasteiger partial charge in [-0.1, -0.05) is 48.5 Å². The average Bonchev–Trinajstić information content (AvgIpc) is 2.79. The fourth-order valence-corrected chi connectivity index (χ4v) is 3.44. The maximum absolute atomic E-state index is 12.8. The van der Waals surface area contributed by atoms with Crippen LogP contribution in [0.2, 0.25) is 0 Å².